The standard InChI is InChI=1S/C19H22N2O3/c1-4-14-7-5-6-8-16(14)20-18(23)12-21(3)19(24)15-11-13(2)9-10-17(15)22/h5-11,22H,4,12H2,1-3H3,(H,20,23). The molecule has 0 saturated heterocycles. The van der Waals surface area contributed by atoms with Gasteiger partial charge < -0.3 is 15.3 Å². The van der Waals surface area contributed by atoms with E-state index in [0.29, 0.717) is 0 Å². The normalized spacial score (nSPS) is 10.3. The number of rotatable bonds is 5. The second-order valence-corrected chi connectivity index (χ2v) is 5.74. The lowest BCUT2D eigenvalue weighted by Gasteiger charge is -2.18. The maximum atomic E-state index is 12.4. The number of aryl methyl sites for hydroxylation is 2. The first-order chi connectivity index (χ1) is 11.4. The smallest absolute Gasteiger partial charge is 0.257 e. The Morgan fingerprint density at radius 3 is 2.58 bits per heavy atom. The Bertz CT molecular complexity index is 756. The van der Waals surface area contributed by atoms with Crippen molar-refractivity contribution in [3.05, 3.63) is 59.2 Å². The van der Waals surface area contributed by atoms with Crippen LogP contribution in [0.1, 0.15) is 28.4 Å². The highest BCUT2D eigenvalue weighted by atomic mass is 16.3. The minimum atomic E-state index is -0.393. The Labute approximate surface area is 141 Å². The van der Waals surface area contributed by atoms with Crippen molar-refractivity contribution in [1.29, 1.82) is 0 Å². The lowest BCUT2D eigenvalue weighted by molar-refractivity contribution is -0.116. The van der Waals surface area contributed by atoms with E-state index in [1.807, 2.05) is 38.1 Å². The number of hydrogen-bond donors (Lipinski definition) is 2. The fourth-order valence-corrected chi connectivity index (χ4v) is 2.45. The van der Waals surface area contributed by atoms with E-state index in [-0.39, 0.29) is 23.8 Å². The number of likely N-dealkylation sites (N-methyl/N-ethyl adjacent to an activating group) is 1. The summed E-state index contributed by atoms with van der Waals surface area (Å²) in [5, 5.41) is 12.7. The third-order valence-electron chi connectivity index (χ3n) is 3.78. The predicted molar refractivity (Wildman–Crippen MR) is 94.3 cm³/mol. The van der Waals surface area contributed by atoms with Crippen molar-refractivity contribution in [3.8, 4) is 5.75 Å². The van der Waals surface area contributed by atoms with Crippen molar-refractivity contribution in [2.75, 3.05) is 18.9 Å². The molecule has 2 rings (SSSR count). The molecule has 0 aromatic heterocycles. The third-order valence-corrected chi connectivity index (χ3v) is 3.78. The molecule has 0 aliphatic rings. The Kier molecular flexibility index (Phi) is 5.58. The lowest BCUT2D eigenvalue weighted by atomic mass is 10.1. The monoisotopic (exact) mass is 326 g/mol. The molecule has 0 fully saturated rings. The molecule has 126 valence electrons. The molecule has 0 spiro atoms. The van der Waals surface area contributed by atoms with Gasteiger partial charge in [-0.15, -0.1) is 0 Å². The number of nitrogens with one attached hydrogen (secondary N) is 1. The first-order valence-corrected chi connectivity index (χ1v) is 7.85. The van der Waals surface area contributed by atoms with Crippen LogP contribution in [0.5, 0.6) is 5.75 Å². The van der Waals surface area contributed by atoms with E-state index < -0.39 is 5.91 Å². The zero-order valence-electron chi connectivity index (χ0n) is 14.2. The molecule has 0 radical (unpaired) electrons. The van der Waals surface area contributed by atoms with E-state index in [2.05, 4.69) is 5.32 Å². The highest BCUT2D eigenvalue weighted by molar-refractivity contribution is 6.01. The summed E-state index contributed by atoms with van der Waals surface area (Å²) >= 11 is 0. The fraction of sp³-hybridized carbons (Fsp3) is 0.263. The molecular formula is C19H22N2O3. The number of carbonyl (C=O) groups is 2. The van der Waals surface area contributed by atoms with Crippen molar-refractivity contribution in [1.82, 2.24) is 4.90 Å². The summed E-state index contributed by atoms with van der Waals surface area (Å²) in [5.74, 6) is -0.761. The van der Waals surface area contributed by atoms with Crippen LogP contribution in [0.3, 0.4) is 0 Å². The van der Waals surface area contributed by atoms with E-state index in [1.54, 1.807) is 12.1 Å². The van der Waals surface area contributed by atoms with Gasteiger partial charge in [0.1, 0.15) is 5.75 Å². The Balaban J connectivity index is 2.06. The van der Waals surface area contributed by atoms with Crippen LogP contribution in [0, 0.1) is 6.92 Å². The van der Waals surface area contributed by atoms with E-state index in [4.69, 9.17) is 0 Å². The van der Waals surface area contributed by atoms with Gasteiger partial charge in [-0.25, -0.2) is 0 Å². The van der Waals surface area contributed by atoms with Crippen LogP contribution in [0.15, 0.2) is 42.5 Å². The molecule has 2 aromatic carbocycles. The van der Waals surface area contributed by atoms with Crippen molar-refractivity contribution in [2.24, 2.45) is 0 Å². The van der Waals surface area contributed by atoms with Crippen molar-refractivity contribution >= 4 is 17.5 Å². The van der Waals surface area contributed by atoms with Gasteiger partial charge in [0.25, 0.3) is 5.91 Å². The van der Waals surface area contributed by atoms with E-state index in [9.17, 15) is 14.7 Å². The van der Waals surface area contributed by atoms with Gasteiger partial charge in [-0.3, -0.25) is 9.59 Å². The summed E-state index contributed by atoms with van der Waals surface area (Å²) in [4.78, 5) is 25.9. The molecule has 2 N–H and O–H groups in total. The van der Waals surface area contributed by atoms with Gasteiger partial charge in [0.2, 0.25) is 5.91 Å². The Morgan fingerprint density at radius 1 is 1.17 bits per heavy atom. The Morgan fingerprint density at radius 2 is 1.88 bits per heavy atom. The second kappa shape index (κ2) is 7.64. The number of aromatic hydroxyl groups is 1. The topological polar surface area (TPSA) is 69.6 Å². The highest BCUT2D eigenvalue weighted by Gasteiger charge is 2.18. The van der Waals surface area contributed by atoms with E-state index in [0.717, 1.165) is 23.2 Å². The van der Waals surface area contributed by atoms with Gasteiger partial charge in [-0.1, -0.05) is 36.8 Å². The van der Waals surface area contributed by atoms with Gasteiger partial charge in [0.05, 0.1) is 12.1 Å². The number of phenols is 1. The number of amides is 2. The molecule has 0 saturated carbocycles. The lowest BCUT2D eigenvalue weighted by Crippen LogP contribution is -2.35. The van der Waals surface area contributed by atoms with Crippen LogP contribution >= 0.6 is 0 Å². The third kappa shape index (κ3) is 4.13. The molecule has 0 atom stereocenters. The summed E-state index contributed by atoms with van der Waals surface area (Å²) < 4.78 is 0. The SMILES string of the molecule is CCc1ccccc1NC(=O)CN(C)C(=O)c1cc(C)ccc1O. The number of anilines is 1. The molecule has 2 amide bonds. The summed E-state index contributed by atoms with van der Waals surface area (Å²) in [6.45, 7) is 3.76. The van der Waals surface area contributed by atoms with Crippen LogP contribution in [-0.4, -0.2) is 35.4 Å². The fourth-order valence-electron chi connectivity index (χ4n) is 2.45. The number of hydrogen-bond acceptors (Lipinski definition) is 3. The van der Waals surface area contributed by atoms with Crippen LogP contribution in [0.25, 0.3) is 0 Å². The van der Waals surface area contributed by atoms with Crippen LogP contribution in [0.2, 0.25) is 0 Å². The predicted octanol–water partition coefficient (Wildman–Crippen LogP) is 2.97. The summed E-state index contributed by atoms with van der Waals surface area (Å²) in [6.07, 6.45) is 0.808. The largest absolute Gasteiger partial charge is 0.507 e. The zero-order chi connectivity index (χ0) is 17.7. The first kappa shape index (κ1) is 17.5. The molecule has 0 bridgehead atoms. The van der Waals surface area contributed by atoms with E-state index in [1.165, 1.54) is 18.0 Å². The Hall–Kier alpha value is -2.82. The average Bonchev–Trinajstić information content (AvgIpc) is 2.56. The van der Waals surface area contributed by atoms with Gasteiger partial charge in [-0.2, -0.15) is 0 Å². The van der Waals surface area contributed by atoms with Crippen LogP contribution in [-0.2, 0) is 11.2 Å². The minimum Gasteiger partial charge on any atom is -0.507 e. The van der Waals surface area contributed by atoms with Gasteiger partial charge in [0.15, 0.2) is 0 Å². The molecule has 0 aliphatic heterocycles. The highest BCUT2D eigenvalue weighted by Crippen LogP contribution is 2.20. The van der Waals surface area contributed by atoms with Gasteiger partial charge in [0, 0.05) is 12.7 Å². The van der Waals surface area contributed by atoms with E-state index >= 15 is 0 Å². The maximum absolute atomic E-state index is 12.4. The van der Waals surface area contributed by atoms with Crippen molar-refractivity contribution < 1.29 is 14.7 Å². The molecule has 0 aliphatic carbocycles. The molecule has 24 heavy (non-hydrogen) atoms. The molecule has 0 unspecified atom stereocenters. The first-order valence-electron chi connectivity index (χ1n) is 7.85. The molecule has 5 heteroatoms. The summed E-state index contributed by atoms with van der Waals surface area (Å²) in [6, 6.07) is 12.4. The quantitative estimate of drug-likeness (QED) is 0.887. The van der Waals surface area contributed by atoms with Crippen LogP contribution < -0.4 is 5.32 Å². The van der Waals surface area contributed by atoms with Gasteiger partial charge in [-0.05, 0) is 37.1 Å². The zero-order valence-corrected chi connectivity index (χ0v) is 14.2. The average molecular weight is 326 g/mol. The number of para-hydroxylation sites is 1. The minimum absolute atomic E-state index is 0.0887. The molecular weight excluding hydrogens is 304 g/mol. The maximum Gasteiger partial charge on any atom is 0.257 e. The summed E-state index contributed by atoms with van der Waals surface area (Å²) in [5.41, 5.74) is 2.85. The second-order valence-electron chi connectivity index (χ2n) is 5.74. The van der Waals surface area contributed by atoms with Crippen molar-refractivity contribution in [3.63, 3.8) is 0 Å². The number of carbonyl (C=O) groups excluding carboxylic acids is 2. The van der Waals surface area contributed by atoms with Crippen LogP contribution in [0.4, 0.5) is 5.69 Å². The molecule has 0 heterocycles. The summed E-state index contributed by atoms with van der Waals surface area (Å²) in [7, 11) is 1.54. The molecule has 5 nitrogen and oxygen atoms in total. The number of benzene rings is 2. The number of phenolic OH excluding ortho intramolecular Hbond substituents is 1. The number of nitrogens with zero attached hydrogens (tertiary/aromatic N) is 1. The van der Waals surface area contributed by atoms with Gasteiger partial charge >= 0.3 is 0 Å². The van der Waals surface area contributed by atoms with Crippen molar-refractivity contribution in [2.45, 2.75) is 20.3 Å². The molecule has 2 aromatic rings.